The maximum absolute atomic E-state index is 13.4. The highest BCUT2D eigenvalue weighted by Gasteiger charge is 2.10. The zero-order valence-electron chi connectivity index (χ0n) is 11.0. The molecule has 0 saturated heterocycles. The van der Waals surface area contributed by atoms with E-state index >= 15 is 0 Å². The van der Waals surface area contributed by atoms with Gasteiger partial charge in [-0.05, 0) is 29.8 Å². The third-order valence-corrected chi connectivity index (χ3v) is 2.87. The Morgan fingerprint density at radius 1 is 1.30 bits per heavy atom. The largest absolute Gasteiger partial charge is 0.495 e. The molecule has 0 radical (unpaired) electrons. The average molecular weight is 274 g/mol. The minimum Gasteiger partial charge on any atom is -0.495 e. The number of nitrogen functional groups attached to an aromatic ring is 1. The number of amides is 1. The van der Waals surface area contributed by atoms with E-state index in [1.165, 1.54) is 25.3 Å². The molecule has 0 fully saturated rings. The lowest BCUT2D eigenvalue weighted by Crippen LogP contribution is -2.23. The molecule has 0 atom stereocenters. The first-order chi connectivity index (χ1) is 9.61. The fraction of sp³-hybridized carbons (Fsp3) is 0.133. The van der Waals surface area contributed by atoms with Crippen LogP contribution in [0, 0.1) is 5.82 Å². The first-order valence-corrected chi connectivity index (χ1v) is 6.07. The van der Waals surface area contributed by atoms with Gasteiger partial charge in [0.1, 0.15) is 11.6 Å². The minimum absolute atomic E-state index is 0.0222. The summed E-state index contributed by atoms with van der Waals surface area (Å²) in [5, 5.41) is 2.65. The molecule has 0 bridgehead atoms. The molecule has 2 aromatic carbocycles. The summed E-state index contributed by atoms with van der Waals surface area (Å²) in [5.41, 5.74) is 7.10. The highest BCUT2D eigenvalue weighted by molar-refractivity contribution is 5.94. The number of ether oxygens (including phenoxy) is 1. The fourth-order valence-electron chi connectivity index (χ4n) is 1.82. The van der Waals surface area contributed by atoms with Gasteiger partial charge in [0, 0.05) is 6.54 Å². The maximum atomic E-state index is 13.4. The summed E-state index contributed by atoms with van der Waals surface area (Å²) >= 11 is 0. The van der Waals surface area contributed by atoms with Crippen LogP contribution in [-0.4, -0.2) is 13.0 Å². The van der Waals surface area contributed by atoms with E-state index in [-0.39, 0.29) is 12.1 Å². The maximum Gasteiger partial charge on any atom is 0.254 e. The summed E-state index contributed by atoms with van der Waals surface area (Å²) < 4.78 is 18.5. The highest BCUT2D eigenvalue weighted by atomic mass is 19.1. The second-order valence-electron chi connectivity index (χ2n) is 4.24. The van der Waals surface area contributed by atoms with Crippen molar-refractivity contribution in [3.8, 4) is 5.75 Å². The lowest BCUT2D eigenvalue weighted by atomic mass is 10.1. The molecule has 0 aromatic heterocycles. The number of carbonyl (C=O) groups excluding carboxylic acids is 1. The van der Waals surface area contributed by atoms with Crippen LogP contribution in [0.15, 0.2) is 42.5 Å². The SMILES string of the molecule is COc1ccc(CNC(=O)c2ccccc2F)cc1N. The van der Waals surface area contributed by atoms with Crippen LogP contribution in [0.25, 0.3) is 0 Å². The molecule has 2 aromatic rings. The molecule has 0 heterocycles. The quantitative estimate of drug-likeness (QED) is 0.841. The summed E-state index contributed by atoms with van der Waals surface area (Å²) in [7, 11) is 1.53. The van der Waals surface area contributed by atoms with Gasteiger partial charge in [-0.1, -0.05) is 18.2 Å². The van der Waals surface area contributed by atoms with Crippen LogP contribution in [0.4, 0.5) is 10.1 Å². The molecule has 0 aliphatic rings. The van der Waals surface area contributed by atoms with Crippen molar-refractivity contribution in [2.24, 2.45) is 0 Å². The molecule has 104 valence electrons. The van der Waals surface area contributed by atoms with Crippen molar-refractivity contribution >= 4 is 11.6 Å². The third kappa shape index (κ3) is 3.06. The monoisotopic (exact) mass is 274 g/mol. The van der Waals surface area contributed by atoms with Crippen LogP contribution in [-0.2, 0) is 6.54 Å². The number of carbonyl (C=O) groups is 1. The van der Waals surface area contributed by atoms with Crippen molar-refractivity contribution < 1.29 is 13.9 Å². The van der Waals surface area contributed by atoms with Crippen molar-refractivity contribution in [3.63, 3.8) is 0 Å². The number of nitrogens with one attached hydrogen (secondary N) is 1. The van der Waals surface area contributed by atoms with E-state index in [0.29, 0.717) is 11.4 Å². The van der Waals surface area contributed by atoms with Gasteiger partial charge in [0.15, 0.2) is 0 Å². The van der Waals surface area contributed by atoms with Crippen LogP contribution in [0.3, 0.4) is 0 Å². The number of rotatable bonds is 4. The van der Waals surface area contributed by atoms with E-state index < -0.39 is 11.7 Å². The van der Waals surface area contributed by atoms with E-state index in [2.05, 4.69) is 5.32 Å². The number of methoxy groups -OCH3 is 1. The summed E-state index contributed by atoms with van der Waals surface area (Å²) in [6.45, 7) is 0.265. The Bertz CT molecular complexity index is 629. The Labute approximate surface area is 116 Å². The lowest BCUT2D eigenvalue weighted by molar-refractivity contribution is 0.0947. The van der Waals surface area contributed by atoms with Gasteiger partial charge < -0.3 is 15.8 Å². The first kappa shape index (κ1) is 13.9. The van der Waals surface area contributed by atoms with Gasteiger partial charge in [0.05, 0.1) is 18.4 Å². The lowest BCUT2D eigenvalue weighted by Gasteiger charge is -2.09. The standard InChI is InChI=1S/C15H15FN2O2/c1-20-14-7-6-10(8-13(14)17)9-18-15(19)11-4-2-3-5-12(11)16/h2-8H,9,17H2,1H3,(H,18,19). The normalized spacial score (nSPS) is 10.1. The zero-order chi connectivity index (χ0) is 14.5. The van der Waals surface area contributed by atoms with E-state index in [9.17, 15) is 9.18 Å². The molecule has 0 aliphatic carbocycles. The van der Waals surface area contributed by atoms with E-state index in [1.807, 2.05) is 0 Å². The number of anilines is 1. The molecule has 0 spiro atoms. The topological polar surface area (TPSA) is 64.3 Å². The summed E-state index contributed by atoms with van der Waals surface area (Å²) in [5.74, 6) is -0.425. The van der Waals surface area contributed by atoms with Crippen LogP contribution in [0.2, 0.25) is 0 Å². The molecule has 2 rings (SSSR count). The van der Waals surface area contributed by atoms with Gasteiger partial charge in [-0.15, -0.1) is 0 Å². The number of halogens is 1. The van der Waals surface area contributed by atoms with Crippen LogP contribution in [0.1, 0.15) is 15.9 Å². The Hall–Kier alpha value is -2.56. The van der Waals surface area contributed by atoms with Gasteiger partial charge >= 0.3 is 0 Å². The van der Waals surface area contributed by atoms with E-state index in [0.717, 1.165) is 5.56 Å². The molecule has 0 saturated carbocycles. The van der Waals surface area contributed by atoms with Crippen LogP contribution < -0.4 is 15.8 Å². The number of hydrogen-bond acceptors (Lipinski definition) is 3. The van der Waals surface area contributed by atoms with Gasteiger partial charge in [0.25, 0.3) is 5.91 Å². The summed E-state index contributed by atoms with van der Waals surface area (Å²) in [4.78, 5) is 11.8. The molecular weight excluding hydrogens is 259 g/mol. The fourth-order valence-corrected chi connectivity index (χ4v) is 1.82. The Kier molecular flexibility index (Phi) is 4.20. The van der Waals surface area contributed by atoms with Crippen molar-refractivity contribution in [2.75, 3.05) is 12.8 Å². The van der Waals surface area contributed by atoms with Crippen molar-refractivity contribution in [1.29, 1.82) is 0 Å². The molecule has 3 N–H and O–H groups in total. The second kappa shape index (κ2) is 6.06. The van der Waals surface area contributed by atoms with Gasteiger partial charge in [-0.3, -0.25) is 4.79 Å². The predicted octanol–water partition coefficient (Wildman–Crippen LogP) is 2.35. The Morgan fingerprint density at radius 3 is 2.70 bits per heavy atom. The van der Waals surface area contributed by atoms with Gasteiger partial charge in [-0.2, -0.15) is 0 Å². The highest BCUT2D eigenvalue weighted by Crippen LogP contribution is 2.21. The molecule has 5 heteroatoms. The molecule has 4 nitrogen and oxygen atoms in total. The van der Waals surface area contributed by atoms with E-state index in [1.54, 1.807) is 24.3 Å². The predicted molar refractivity (Wildman–Crippen MR) is 75.0 cm³/mol. The van der Waals surface area contributed by atoms with Crippen LogP contribution >= 0.6 is 0 Å². The van der Waals surface area contributed by atoms with Gasteiger partial charge in [-0.25, -0.2) is 4.39 Å². The van der Waals surface area contributed by atoms with Gasteiger partial charge in [0.2, 0.25) is 0 Å². The second-order valence-corrected chi connectivity index (χ2v) is 4.24. The van der Waals surface area contributed by atoms with Crippen LogP contribution in [0.5, 0.6) is 5.75 Å². The summed E-state index contributed by atoms with van der Waals surface area (Å²) in [6, 6.07) is 11.1. The average Bonchev–Trinajstić information content (AvgIpc) is 2.45. The Morgan fingerprint density at radius 2 is 2.05 bits per heavy atom. The zero-order valence-corrected chi connectivity index (χ0v) is 11.0. The van der Waals surface area contributed by atoms with Crippen molar-refractivity contribution in [2.45, 2.75) is 6.54 Å². The van der Waals surface area contributed by atoms with Crippen molar-refractivity contribution in [3.05, 3.63) is 59.4 Å². The minimum atomic E-state index is -0.542. The third-order valence-electron chi connectivity index (χ3n) is 2.87. The Balaban J connectivity index is 2.04. The molecule has 0 unspecified atom stereocenters. The smallest absolute Gasteiger partial charge is 0.254 e. The number of hydrogen-bond donors (Lipinski definition) is 2. The first-order valence-electron chi connectivity index (χ1n) is 6.07. The molecular formula is C15H15FN2O2. The van der Waals surface area contributed by atoms with E-state index in [4.69, 9.17) is 10.5 Å². The number of nitrogens with two attached hydrogens (primary N) is 1. The molecule has 0 aliphatic heterocycles. The molecule has 1 amide bonds. The summed E-state index contributed by atoms with van der Waals surface area (Å²) in [6.07, 6.45) is 0. The molecule has 20 heavy (non-hydrogen) atoms. The number of benzene rings is 2. The van der Waals surface area contributed by atoms with Crippen molar-refractivity contribution in [1.82, 2.24) is 5.32 Å².